The van der Waals surface area contributed by atoms with E-state index in [1.807, 2.05) is 31.9 Å². The summed E-state index contributed by atoms with van der Waals surface area (Å²) in [5, 5.41) is 7.39. The molecule has 156 valence electrons. The molecule has 0 bridgehead atoms. The van der Waals surface area contributed by atoms with Crippen LogP contribution in [0.25, 0.3) is 10.9 Å². The lowest BCUT2D eigenvalue weighted by atomic mass is 10.2. The molecule has 0 aliphatic rings. The van der Waals surface area contributed by atoms with Gasteiger partial charge in [0.15, 0.2) is 0 Å². The monoisotopic (exact) mass is 405 g/mol. The molecule has 2 rings (SSSR count). The van der Waals surface area contributed by atoms with Gasteiger partial charge in [0.1, 0.15) is 17.9 Å². The highest BCUT2D eigenvalue weighted by Crippen LogP contribution is 2.40. The number of aromatic nitrogens is 2. The first-order chi connectivity index (χ1) is 13.4. The molecule has 0 amide bonds. The summed E-state index contributed by atoms with van der Waals surface area (Å²) < 4.78 is 6.31. The van der Waals surface area contributed by atoms with Gasteiger partial charge >= 0.3 is 0 Å². The Hall–Kier alpha value is -1.57. The van der Waals surface area contributed by atoms with Gasteiger partial charge in [-0.15, -0.1) is 11.8 Å². The summed E-state index contributed by atoms with van der Waals surface area (Å²) in [5.41, 5.74) is 0.900. The van der Waals surface area contributed by atoms with Crippen LogP contribution in [0, 0.1) is 0 Å². The summed E-state index contributed by atoms with van der Waals surface area (Å²) in [5.74, 6) is 1.75. The number of nitrogens with one attached hydrogen (secondary N) is 2. The van der Waals surface area contributed by atoms with Gasteiger partial charge in [0.2, 0.25) is 0 Å². The number of fused-ring (bicyclic) bond motifs is 1. The number of benzene rings is 1. The molecule has 0 unspecified atom stereocenters. The summed E-state index contributed by atoms with van der Waals surface area (Å²) in [7, 11) is 3.88. The van der Waals surface area contributed by atoms with Crippen molar-refractivity contribution in [2.45, 2.75) is 43.8 Å². The van der Waals surface area contributed by atoms with Crippen LogP contribution in [-0.4, -0.2) is 66.5 Å². The third-order valence-electron chi connectivity index (χ3n) is 4.36. The zero-order valence-electron chi connectivity index (χ0n) is 18.1. The Morgan fingerprint density at radius 1 is 1.14 bits per heavy atom. The Morgan fingerprint density at radius 3 is 2.57 bits per heavy atom. The maximum atomic E-state index is 6.22. The summed E-state index contributed by atoms with van der Waals surface area (Å²) in [4.78, 5) is 12.3. The molecule has 0 radical (unpaired) electrons. The maximum absolute atomic E-state index is 6.22. The minimum absolute atomic E-state index is 0.0907. The molecular weight excluding hydrogens is 370 g/mol. The number of rotatable bonds is 11. The average molecular weight is 406 g/mol. The average Bonchev–Trinajstić information content (AvgIpc) is 2.66. The third kappa shape index (κ3) is 6.79. The first-order valence-electron chi connectivity index (χ1n) is 10.0. The van der Waals surface area contributed by atoms with Crippen LogP contribution in [0.3, 0.4) is 0 Å². The molecule has 1 heterocycles. The molecule has 28 heavy (non-hydrogen) atoms. The van der Waals surface area contributed by atoms with Gasteiger partial charge in [-0.25, -0.2) is 9.97 Å². The van der Waals surface area contributed by atoms with Gasteiger partial charge in [0, 0.05) is 42.9 Å². The minimum atomic E-state index is 0.0907. The van der Waals surface area contributed by atoms with E-state index >= 15 is 0 Å². The molecule has 1 aromatic carbocycles. The standard InChI is InChI=1S/C21H35N5OS/c1-7-26(11-9-22-5)10-8-12-27-18-14-17-16(20(23-6)25-15-24-17)13-19(18)28-21(2,3)4/h13-15,22H,7-12H2,1-6H3,(H,23,24,25). The topological polar surface area (TPSA) is 62.3 Å². The zero-order valence-corrected chi connectivity index (χ0v) is 18.9. The highest BCUT2D eigenvalue weighted by molar-refractivity contribution is 8.00. The van der Waals surface area contributed by atoms with Crippen molar-refractivity contribution in [3.63, 3.8) is 0 Å². The molecular formula is C21H35N5OS. The Labute approximate surface area is 173 Å². The molecule has 0 spiro atoms. The number of hydrogen-bond donors (Lipinski definition) is 2. The van der Waals surface area contributed by atoms with Crippen LogP contribution >= 0.6 is 11.8 Å². The summed E-state index contributed by atoms with van der Waals surface area (Å²) in [6.07, 6.45) is 2.59. The second kappa shape index (κ2) is 10.8. The number of ether oxygens (including phenoxy) is 1. The number of anilines is 1. The van der Waals surface area contributed by atoms with Crippen molar-refractivity contribution in [2.75, 3.05) is 52.2 Å². The lowest BCUT2D eigenvalue weighted by molar-refractivity contribution is 0.240. The van der Waals surface area contributed by atoms with Crippen LogP contribution in [0.5, 0.6) is 5.75 Å². The molecule has 0 fully saturated rings. The van der Waals surface area contributed by atoms with Crippen LogP contribution < -0.4 is 15.4 Å². The highest BCUT2D eigenvalue weighted by Gasteiger charge is 2.18. The van der Waals surface area contributed by atoms with Crippen molar-refractivity contribution in [2.24, 2.45) is 0 Å². The Bertz CT molecular complexity index is 747. The van der Waals surface area contributed by atoms with Gasteiger partial charge < -0.3 is 20.3 Å². The SMILES string of the molecule is CCN(CCCOc1cc2ncnc(NC)c2cc1SC(C)(C)C)CCNC. The number of nitrogens with zero attached hydrogens (tertiary/aromatic N) is 3. The Morgan fingerprint density at radius 2 is 1.93 bits per heavy atom. The predicted octanol–water partition coefficient (Wildman–Crippen LogP) is 3.87. The predicted molar refractivity (Wildman–Crippen MR) is 121 cm³/mol. The highest BCUT2D eigenvalue weighted by atomic mass is 32.2. The number of thioether (sulfide) groups is 1. The van der Waals surface area contributed by atoms with E-state index < -0.39 is 0 Å². The number of likely N-dealkylation sites (N-methyl/N-ethyl adjacent to an activating group) is 2. The van der Waals surface area contributed by atoms with Crippen molar-refractivity contribution in [1.82, 2.24) is 20.2 Å². The van der Waals surface area contributed by atoms with Gasteiger partial charge in [-0.1, -0.05) is 27.7 Å². The molecule has 2 N–H and O–H groups in total. The second-order valence-electron chi connectivity index (χ2n) is 7.74. The van der Waals surface area contributed by atoms with E-state index in [9.17, 15) is 0 Å². The van der Waals surface area contributed by atoms with E-state index in [0.717, 1.165) is 60.0 Å². The van der Waals surface area contributed by atoms with Gasteiger partial charge in [0.25, 0.3) is 0 Å². The van der Waals surface area contributed by atoms with E-state index in [1.165, 1.54) is 0 Å². The van der Waals surface area contributed by atoms with Crippen LogP contribution in [0.1, 0.15) is 34.1 Å². The van der Waals surface area contributed by atoms with E-state index in [2.05, 4.69) is 59.3 Å². The molecule has 6 nitrogen and oxygen atoms in total. The van der Waals surface area contributed by atoms with Crippen LogP contribution in [0.4, 0.5) is 5.82 Å². The smallest absolute Gasteiger partial charge is 0.137 e. The summed E-state index contributed by atoms with van der Waals surface area (Å²) >= 11 is 1.81. The van der Waals surface area contributed by atoms with Gasteiger partial charge in [0.05, 0.1) is 17.0 Å². The van der Waals surface area contributed by atoms with Crippen molar-refractivity contribution in [3.05, 3.63) is 18.5 Å². The Balaban J connectivity index is 2.14. The third-order valence-corrected chi connectivity index (χ3v) is 5.51. The molecule has 0 aliphatic carbocycles. The van der Waals surface area contributed by atoms with E-state index in [0.29, 0.717) is 6.61 Å². The normalized spacial score (nSPS) is 12.0. The second-order valence-corrected chi connectivity index (χ2v) is 9.61. The van der Waals surface area contributed by atoms with Crippen molar-refractivity contribution < 1.29 is 4.74 Å². The van der Waals surface area contributed by atoms with Crippen molar-refractivity contribution in [1.29, 1.82) is 0 Å². The minimum Gasteiger partial charge on any atom is -0.492 e. The van der Waals surface area contributed by atoms with Gasteiger partial charge in [-0.05, 0) is 26.1 Å². The summed E-state index contributed by atoms with van der Waals surface area (Å²) in [6.45, 7) is 13.7. The molecule has 7 heteroatoms. The van der Waals surface area contributed by atoms with Crippen LogP contribution in [0.2, 0.25) is 0 Å². The van der Waals surface area contributed by atoms with E-state index in [1.54, 1.807) is 6.33 Å². The molecule has 0 saturated heterocycles. The molecule has 0 atom stereocenters. The van der Waals surface area contributed by atoms with Gasteiger partial charge in [-0.3, -0.25) is 0 Å². The first-order valence-corrected chi connectivity index (χ1v) is 10.8. The fourth-order valence-corrected chi connectivity index (χ4v) is 4.01. The molecule has 1 aromatic heterocycles. The first kappa shape index (κ1) is 22.7. The van der Waals surface area contributed by atoms with Crippen molar-refractivity contribution in [3.8, 4) is 5.75 Å². The zero-order chi connectivity index (χ0) is 20.6. The largest absolute Gasteiger partial charge is 0.492 e. The van der Waals surface area contributed by atoms with Crippen LogP contribution in [-0.2, 0) is 0 Å². The van der Waals surface area contributed by atoms with Gasteiger partial charge in [-0.2, -0.15) is 0 Å². The Kier molecular flexibility index (Phi) is 8.79. The quantitative estimate of drug-likeness (QED) is 0.435. The maximum Gasteiger partial charge on any atom is 0.137 e. The van der Waals surface area contributed by atoms with Crippen molar-refractivity contribution >= 4 is 28.5 Å². The fourth-order valence-electron chi connectivity index (χ4n) is 2.95. The summed E-state index contributed by atoms with van der Waals surface area (Å²) in [6, 6.07) is 4.20. The van der Waals surface area contributed by atoms with E-state index in [4.69, 9.17) is 4.74 Å². The molecule has 2 aromatic rings. The lowest BCUT2D eigenvalue weighted by Gasteiger charge is -2.22. The molecule has 0 saturated carbocycles. The molecule has 0 aliphatic heterocycles. The van der Waals surface area contributed by atoms with Crippen LogP contribution in [0.15, 0.2) is 23.4 Å². The fraction of sp³-hybridized carbons (Fsp3) is 0.619. The van der Waals surface area contributed by atoms with E-state index in [-0.39, 0.29) is 4.75 Å². The number of hydrogen-bond acceptors (Lipinski definition) is 7. The lowest BCUT2D eigenvalue weighted by Crippen LogP contribution is -2.32.